The first-order valence-corrected chi connectivity index (χ1v) is 16.5. The van der Waals surface area contributed by atoms with E-state index in [1.54, 1.807) is 5.57 Å². The molecule has 0 N–H and O–H groups in total. The number of alkyl halides is 3. The molecular formula is C36H56F3NO. The molecule has 232 valence electrons. The zero-order valence-corrected chi connectivity index (χ0v) is 26.7. The molecule has 0 aromatic carbocycles. The van der Waals surface area contributed by atoms with Gasteiger partial charge in [-0.25, -0.2) is 0 Å². The molecule has 0 amide bonds. The second kappa shape index (κ2) is 16.7. The highest BCUT2D eigenvalue weighted by Crippen LogP contribution is 2.58. The van der Waals surface area contributed by atoms with E-state index in [-0.39, 0.29) is 11.3 Å². The average Bonchev–Trinajstić information content (AvgIpc) is 3.41. The summed E-state index contributed by atoms with van der Waals surface area (Å²) >= 11 is 0. The maximum Gasteiger partial charge on any atom is 0.417 e. The molecule has 3 aliphatic carbocycles. The number of carbonyl (C=O) groups excluding carboxylic acids is 1. The fourth-order valence-electron chi connectivity index (χ4n) is 7.76. The molecule has 1 aromatic heterocycles. The van der Waals surface area contributed by atoms with Crippen LogP contribution in [0.2, 0.25) is 0 Å². The molecule has 1 heterocycles. The van der Waals surface area contributed by atoms with Crippen LogP contribution in [0.3, 0.4) is 0 Å². The number of rotatable bonds is 9. The van der Waals surface area contributed by atoms with Crippen LogP contribution in [0, 0.1) is 29.1 Å². The van der Waals surface area contributed by atoms with Crippen LogP contribution in [-0.2, 0) is 23.8 Å². The Balaban J connectivity index is 0.000000334. The van der Waals surface area contributed by atoms with Crippen LogP contribution in [0.25, 0.3) is 0 Å². The Labute approximate surface area is 248 Å². The highest BCUT2D eigenvalue weighted by Gasteiger charge is 2.54. The van der Waals surface area contributed by atoms with E-state index in [2.05, 4.69) is 45.3 Å². The maximum absolute atomic E-state index is 13.5. The highest BCUT2D eigenvalue weighted by molar-refractivity contribution is 5.88. The second-order valence-corrected chi connectivity index (χ2v) is 12.3. The fourth-order valence-corrected chi connectivity index (χ4v) is 7.76. The minimum absolute atomic E-state index is 0.0237. The zero-order chi connectivity index (χ0) is 30.6. The first-order valence-electron chi connectivity index (χ1n) is 16.5. The summed E-state index contributed by atoms with van der Waals surface area (Å²) in [4.78, 5) is 17.6. The van der Waals surface area contributed by atoms with Crippen LogP contribution < -0.4 is 0 Å². The number of aryl methyl sites for hydroxylation is 2. The summed E-state index contributed by atoms with van der Waals surface area (Å²) in [5.74, 6) is 2.33. The quantitative estimate of drug-likeness (QED) is 0.216. The standard InChI is InChI=1S/C21H26F3NO.C13H24.C2H6/c1-13-9-16-3-2-8-20(16,11-13)19(26)14-4-5-15-10-17(21(22,23)24)12-25-18(15)7-6-14;1-5-9-11-13(8-4)12(7-3)10-6-2;1-2/h10,12-14,16H,2-9,11H2,1H3;6,10,13H,2,5,7-9,11H2,1,3-4H3;1-2H3/b;12-10-;/t13-,14?,16+,20+;;/m0../s1. The Hall–Kier alpha value is -1.91. The summed E-state index contributed by atoms with van der Waals surface area (Å²) in [6.07, 6.45) is 15.2. The number of unbranched alkanes of at least 4 members (excludes halogenated alkanes) is 1. The van der Waals surface area contributed by atoms with Gasteiger partial charge < -0.3 is 0 Å². The molecule has 0 saturated heterocycles. The van der Waals surface area contributed by atoms with Crippen LogP contribution in [0.5, 0.6) is 0 Å². The van der Waals surface area contributed by atoms with E-state index in [1.807, 2.05) is 19.9 Å². The van der Waals surface area contributed by atoms with Crippen LogP contribution >= 0.6 is 0 Å². The summed E-state index contributed by atoms with van der Waals surface area (Å²) in [6.45, 7) is 16.8. The lowest BCUT2D eigenvalue weighted by molar-refractivity contribution is -0.138. The van der Waals surface area contributed by atoms with Gasteiger partial charge in [-0.1, -0.05) is 85.1 Å². The molecule has 2 saturated carbocycles. The minimum Gasteiger partial charge on any atom is -0.299 e. The normalized spacial score (nSPS) is 26.4. The fraction of sp³-hybridized carbons (Fsp3) is 0.722. The van der Waals surface area contributed by atoms with Crippen molar-refractivity contribution in [2.24, 2.45) is 29.1 Å². The molecule has 4 rings (SSSR count). The molecule has 0 spiro atoms. The van der Waals surface area contributed by atoms with E-state index in [0.29, 0.717) is 42.4 Å². The number of hydrogen-bond acceptors (Lipinski definition) is 2. The summed E-state index contributed by atoms with van der Waals surface area (Å²) in [5, 5.41) is 0. The summed E-state index contributed by atoms with van der Waals surface area (Å²) < 4.78 is 38.9. The topological polar surface area (TPSA) is 30.0 Å². The van der Waals surface area contributed by atoms with E-state index in [4.69, 9.17) is 0 Å². The number of hydrogen-bond donors (Lipinski definition) is 0. The Morgan fingerprint density at radius 1 is 1.17 bits per heavy atom. The van der Waals surface area contributed by atoms with Gasteiger partial charge in [-0.2, -0.15) is 13.2 Å². The summed E-state index contributed by atoms with van der Waals surface area (Å²) in [7, 11) is 0. The van der Waals surface area contributed by atoms with Crippen molar-refractivity contribution < 1.29 is 18.0 Å². The van der Waals surface area contributed by atoms with Gasteiger partial charge in [0.25, 0.3) is 0 Å². The van der Waals surface area contributed by atoms with Gasteiger partial charge >= 0.3 is 6.18 Å². The Kier molecular flexibility index (Phi) is 14.3. The number of halogens is 3. The molecule has 2 nitrogen and oxygen atoms in total. The number of carbonyl (C=O) groups is 1. The third kappa shape index (κ3) is 9.04. The van der Waals surface area contributed by atoms with E-state index in [9.17, 15) is 18.0 Å². The number of aromatic nitrogens is 1. The molecule has 0 bridgehead atoms. The molecule has 0 aliphatic heterocycles. The van der Waals surface area contributed by atoms with Crippen molar-refractivity contribution in [3.63, 3.8) is 0 Å². The molecule has 5 heteroatoms. The number of allylic oxidation sites excluding steroid dienone is 3. The largest absolute Gasteiger partial charge is 0.417 e. The molecule has 3 aliphatic rings. The van der Waals surface area contributed by atoms with Crippen LogP contribution in [0.1, 0.15) is 135 Å². The molecule has 1 aromatic rings. The first-order chi connectivity index (χ1) is 19.6. The highest BCUT2D eigenvalue weighted by atomic mass is 19.4. The van der Waals surface area contributed by atoms with Gasteiger partial charge in [0.1, 0.15) is 5.78 Å². The van der Waals surface area contributed by atoms with E-state index in [0.717, 1.165) is 49.9 Å². The number of ketones is 1. The van der Waals surface area contributed by atoms with Crippen molar-refractivity contribution in [3.05, 3.63) is 53.4 Å². The molecule has 0 radical (unpaired) electrons. The van der Waals surface area contributed by atoms with E-state index >= 15 is 0 Å². The van der Waals surface area contributed by atoms with Crippen molar-refractivity contribution >= 4 is 5.78 Å². The lowest BCUT2D eigenvalue weighted by atomic mass is 9.70. The smallest absolute Gasteiger partial charge is 0.299 e. The minimum atomic E-state index is -4.36. The van der Waals surface area contributed by atoms with Crippen LogP contribution in [0.4, 0.5) is 13.2 Å². The van der Waals surface area contributed by atoms with Crippen LogP contribution in [0.15, 0.2) is 36.6 Å². The molecule has 2 fully saturated rings. The zero-order valence-electron chi connectivity index (χ0n) is 26.7. The Morgan fingerprint density at radius 2 is 1.88 bits per heavy atom. The Morgan fingerprint density at radius 3 is 2.49 bits per heavy atom. The van der Waals surface area contributed by atoms with Gasteiger partial charge in [-0.3, -0.25) is 9.78 Å². The third-order valence-corrected chi connectivity index (χ3v) is 9.76. The first kappa shape index (κ1) is 35.3. The van der Waals surface area contributed by atoms with Gasteiger partial charge in [0.05, 0.1) is 5.56 Å². The van der Waals surface area contributed by atoms with Gasteiger partial charge in [-0.15, -0.1) is 0 Å². The lowest BCUT2D eigenvalue weighted by Crippen LogP contribution is -2.36. The van der Waals surface area contributed by atoms with E-state index in [1.165, 1.54) is 44.6 Å². The lowest BCUT2D eigenvalue weighted by Gasteiger charge is -2.32. The number of Topliss-reactive ketones (excluding diaryl/α,β-unsaturated/α-hetero) is 1. The molecule has 41 heavy (non-hydrogen) atoms. The average molecular weight is 576 g/mol. The van der Waals surface area contributed by atoms with Crippen molar-refractivity contribution in [1.29, 1.82) is 0 Å². The second-order valence-electron chi connectivity index (χ2n) is 12.3. The predicted molar refractivity (Wildman–Crippen MR) is 166 cm³/mol. The van der Waals surface area contributed by atoms with Gasteiger partial charge in [-0.05, 0) is 100 Å². The number of pyridine rings is 1. The molecular weight excluding hydrogens is 519 g/mol. The monoisotopic (exact) mass is 575 g/mol. The predicted octanol–water partition coefficient (Wildman–Crippen LogP) is 11.1. The molecule has 2 unspecified atom stereocenters. The van der Waals surface area contributed by atoms with Gasteiger partial charge in [0.2, 0.25) is 0 Å². The van der Waals surface area contributed by atoms with Crippen molar-refractivity contribution in [3.8, 4) is 0 Å². The summed E-state index contributed by atoms with van der Waals surface area (Å²) in [6, 6.07) is 1.24. The maximum atomic E-state index is 13.5. The Bertz CT molecular complexity index is 997. The van der Waals surface area contributed by atoms with Gasteiger partial charge in [0, 0.05) is 23.2 Å². The molecule has 5 atom stereocenters. The SMILES string of the molecule is C=C/C=C(/CC)C(CC)CCCC.CC.C[C@H]1C[C@H]2CCC[C@@]2(C(=O)C2CCc3cc(C(F)(F)F)cnc3CC2)C1. The van der Waals surface area contributed by atoms with E-state index < -0.39 is 11.7 Å². The van der Waals surface area contributed by atoms with Gasteiger partial charge in [0.15, 0.2) is 0 Å². The van der Waals surface area contributed by atoms with Crippen LogP contribution in [-0.4, -0.2) is 10.8 Å². The van der Waals surface area contributed by atoms with Crippen molar-refractivity contribution in [1.82, 2.24) is 4.98 Å². The van der Waals surface area contributed by atoms with Crippen molar-refractivity contribution in [2.45, 2.75) is 138 Å². The van der Waals surface area contributed by atoms with Crippen molar-refractivity contribution in [2.75, 3.05) is 0 Å². The number of nitrogens with zero attached hydrogens (tertiary/aromatic N) is 1. The third-order valence-electron chi connectivity index (χ3n) is 9.76. The summed E-state index contributed by atoms with van der Waals surface area (Å²) in [5.41, 5.74) is 2.18. The number of fused-ring (bicyclic) bond motifs is 2.